The zero-order valence-corrected chi connectivity index (χ0v) is 19.4. The van der Waals surface area contributed by atoms with Crippen LogP contribution in [0.4, 0.5) is 5.95 Å². The van der Waals surface area contributed by atoms with Crippen LogP contribution in [0.15, 0.2) is 36.7 Å². The van der Waals surface area contributed by atoms with Crippen LogP contribution in [0.5, 0.6) is 11.5 Å². The van der Waals surface area contributed by atoms with Gasteiger partial charge in [-0.3, -0.25) is 0 Å². The van der Waals surface area contributed by atoms with Gasteiger partial charge in [0.05, 0.1) is 24.6 Å². The first kappa shape index (κ1) is 20.8. The average Bonchev–Trinajstić information content (AvgIpc) is 3.17. The van der Waals surface area contributed by atoms with E-state index in [0.29, 0.717) is 24.8 Å². The summed E-state index contributed by atoms with van der Waals surface area (Å²) in [5, 5.41) is 4.75. The van der Waals surface area contributed by atoms with Gasteiger partial charge in [-0.25, -0.2) is 19.5 Å². The van der Waals surface area contributed by atoms with E-state index >= 15 is 0 Å². The number of benzene rings is 1. The molecule has 0 aliphatic carbocycles. The smallest absolute Gasteiger partial charge is 0.252 e. The van der Waals surface area contributed by atoms with E-state index in [-0.39, 0.29) is 0 Å². The lowest BCUT2D eigenvalue weighted by Crippen LogP contribution is -2.34. The maximum absolute atomic E-state index is 5.83. The molecule has 2 aliphatic heterocycles. The van der Waals surface area contributed by atoms with Crippen molar-refractivity contribution in [2.45, 2.75) is 33.1 Å². The van der Waals surface area contributed by atoms with Crippen molar-refractivity contribution >= 4 is 11.7 Å². The SMILES string of the molecule is Cc1c(-c2ccnc(N3CCC(C)CC3)n2)cnc2nc(-c3ccc4c(c3)OCCCO4)nn12. The average molecular weight is 458 g/mol. The van der Waals surface area contributed by atoms with E-state index in [9.17, 15) is 0 Å². The van der Waals surface area contributed by atoms with Crippen LogP contribution in [0.2, 0.25) is 0 Å². The Balaban J connectivity index is 1.34. The van der Waals surface area contributed by atoms with E-state index in [4.69, 9.17) is 19.6 Å². The fourth-order valence-corrected chi connectivity index (χ4v) is 4.48. The van der Waals surface area contributed by atoms with Gasteiger partial charge >= 0.3 is 0 Å². The second kappa shape index (κ2) is 8.55. The molecule has 1 aromatic carbocycles. The number of nitrogens with zero attached hydrogens (tertiary/aromatic N) is 7. The fourth-order valence-electron chi connectivity index (χ4n) is 4.48. The molecule has 0 amide bonds. The first-order valence-electron chi connectivity index (χ1n) is 11.9. The molecular weight excluding hydrogens is 430 g/mol. The summed E-state index contributed by atoms with van der Waals surface area (Å²) in [6.07, 6.45) is 6.85. The lowest BCUT2D eigenvalue weighted by atomic mass is 10.00. The molecule has 0 radical (unpaired) electrons. The highest BCUT2D eigenvalue weighted by molar-refractivity contribution is 5.66. The first-order chi connectivity index (χ1) is 16.7. The fraction of sp³-hybridized carbons (Fsp3) is 0.400. The van der Waals surface area contributed by atoms with Crippen molar-refractivity contribution in [1.82, 2.24) is 29.5 Å². The minimum Gasteiger partial charge on any atom is -0.490 e. The molecule has 4 aromatic rings. The van der Waals surface area contributed by atoms with E-state index in [1.807, 2.05) is 43.6 Å². The van der Waals surface area contributed by atoms with Gasteiger partial charge in [-0.15, -0.1) is 5.10 Å². The summed E-state index contributed by atoms with van der Waals surface area (Å²) in [5.74, 6) is 4.14. The van der Waals surface area contributed by atoms with Crippen LogP contribution in [0, 0.1) is 12.8 Å². The van der Waals surface area contributed by atoms with Crippen LogP contribution in [0.3, 0.4) is 0 Å². The van der Waals surface area contributed by atoms with Crippen molar-refractivity contribution in [2.24, 2.45) is 5.92 Å². The van der Waals surface area contributed by atoms with Crippen molar-refractivity contribution in [3.05, 3.63) is 42.4 Å². The van der Waals surface area contributed by atoms with E-state index in [1.165, 1.54) is 12.8 Å². The Kier molecular flexibility index (Phi) is 5.24. The molecule has 0 saturated carbocycles. The molecule has 9 heteroatoms. The molecule has 9 nitrogen and oxygen atoms in total. The Morgan fingerprint density at radius 3 is 2.65 bits per heavy atom. The molecule has 0 bridgehead atoms. The molecule has 1 fully saturated rings. The maximum Gasteiger partial charge on any atom is 0.252 e. The van der Waals surface area contributed by atoms with E-state index in [1.54, 1.807) is 4.52 Å². The zero-order valence-electron chi connectivity index (χ0n) is 19.4. The van der Waals surface area contributed by atoms with Crippen molar-refractivity contribution in [1.29, 1.82) is 0 Å². The van der Waals surface area contributed by atoms with E-state index in [2.05, 4.69) is 26.8 Å². The third-order valence-corrected chi connectivity index (χ3v) is 6.60. The highest BCUT2D eigenvalue weighted by Gasteiger charge is 2.20. The molecule has 0 spiro atoms. The molecule has 0 unspecified atom stereocenters. The maximum atomic E-state index is 5.83. The highest BCUT2D eigenvalue weighted by Crippen LogP contribution is 2.33. The molecule has 6 rings (SSSR count). The van der Waals surface area contributed by atoms with Gasteiger partial charge in [-0.1, -0.05) is 6.92 Å². The van der Waals surface area contributed by atoms with Crippen molar-refractivity contribution in [3.63, 3.8) is 0 Å². The number of anilines is 1. The predicted molar refractivity (Wildman–Crippen MR) is 128 cm³/mol. The van der Waals surface area contributed by atoms with Crippen LogP contribution < -0.4 is 14.4 Å². The Morgan fingerprint density at radius 2 is 1.79 bits per heavy atom. The summed E-state index contributed by atoms with van der Waals surface area (Å²) in [6, 6.07) is 7.72. The summed E-state index contributed by atoms with van der Waals surface area (Å²) in [7, 11) is 0. The van der Waals surface area contributed by atoms with Crippen LogP contribution in [0.25, 0.3) is 28.4 Å². The number of fused-ring (bicyclic) bond motifs is 2. The largest absolute Gasteiger partial charge is 0.490 e. The zero-order chi connectivity index (χ0) is 23.1. The number of ether oxygens (including phenoxy) is 2. The highest BCUT2D eigenvalue weighted by atomic mass is 16.5. The quantitative estimate of drug-likeness (QED) is 0.457. The lowest BCUT2D eigenvalue weighted by Gasteiger charge is -2.30. The normalized spacial score (nSPS) is 16.6. The molecule has 2 aliphatic rings. The molecule has 3 aromatic heterocycles. The van der Waals surface area contributed by atoms with Crippen molar-refractivity contribution in [2.75, 3.05) is 31.2 Å². The summed E-state index contributed by atoms with van der Waals surface area (Å²) < 4.78 is 13.3. The van der Waals surface area contributed by atoms with Crippen LogP contribution in [-0.2, 0) is 0 Å². The standard InChI is InChI=1S/C25H27N7O2/c1-16-7-10-31(11-8-16)24-26-9-6-20(28-24)19-15-27-25-29-23(30-32(25)17(19)2)18-4-5-21-22(14-18)34-13-3-12-33-21/h4-6,9,14-16H,3,7-8,10-13H2,1-2H3. The van der Waals surface area contributed by atoms with Gasteiger partial charge in [0.2, 0.25) is 5.95 Å². The second-order valence-corrected chi connectivity index (χ2v) is 9.03. The second-order valence-electron chi connectivity index (χ2n) is 9.03. The topological polar surface area (TPSA) is 90.6 Å². The number of hydrogen-bond acceptors (Lipinski definition) is 8. The minimum atomic E-state index is 0.544. The van der Waals surface area contributed by atoms with Crippen molar-refractivity contribution in [3.8, 4) is 34.1 Å². The van der Waals surface area contributed by atoms with Gasteiger partial charge in [0, 0.05) is 43.0 Å². The van der Waals surface area contributed by atoms with E-state index < -0.39 is 0 Å². The molecule has 174 valence electrons. The molecule has 34 heavy (non-hydrogen) atoms. The van der Waals surface area contributed by atoms with E-state index in [0.717, 1.165) is 65.4 Å². The Morgan fingerprint density at radius 1 is 0.971 bits per heavy atom. The van der Waals surface area contributed by atoms with Crippen molar-refractivity contribution < 1.29 is 9.47 Å². The Hall–Kier alpha value is -3.75. The Bertz CT molecular complexity index is 1340. The summed E-state index contributed by atoms with van der Waals surface area (Å²) >= 11 is 0. The van der Waals surface area contributed by atoms with Crippen LogP contribution >= 0.6 is 0 Å². The monoisotopic (exact) mass is 457 g/mol. The van der Waals surface area contributed by atoms with Gasteiger partial charge in [0.25, 0.3) is 5.78 Å². The lowest BCUT2D eigenvalue weighted by molar-refractivity contribution is 0.297. The van der Waals surface area contributed by atoms with Gasteiger partial charge in [0.15, 0.2) is 17.3 Å². The van der Waals surface area contributed by atoms with Gasteiger partial charge in [-0.05, 0) is 49.9 Å². The summed E-state index contributed by atoms with van der Waals surface area (Å²) in [4.78, 5) is 20.9. The number of piperidine rings is 1. The Labute approximate surface area is 197 Å². The molecule has 1 saturated heterocycles. The summed E-state index contributed by atoms with van der Waals surface area (Å²) in [5.41, 5.74) is 3.54. The molecule has 5 heterocycles. The van der Waals surface area contributed by atoms with Crippen LogP contribution in [0.1, 0.15) is 31.9 Å². The van der Waals surface area contributed by atoms with Gasteiger partial charge in [-0.2, -0.15) is 4.98 Å². The van der Waals surface area contributed by atoms with Gasteiger partial charge < -0.3 is 14.4 Å². The number of rotatable bonds is 3. The van der Waals surface area contributed by atoms with Crippen LogP contribution in [-0.4, -0.2) is 55.9 Å². The molecule has 0 atom stereocenters. The molecule has 0 N–H and O–H groups in total. The third kappa shape index (κ3) is 3.81. The first-order valence-corrected chi connectivity index (χ1v) is 11.9. The number of aromatic nitrogens is 6. The number of hydrogen-bond donors (Lipinski definition) is 0. The predicted octanol–water partition coefficient (Wildman–Crippen LogP) is 3.95. The molecular formula is C25H27N7O2. The van der Waals surface area contributed by atoms with Gasteiger partial charge in [0.1, 0.15) is 0 Å². The minimum absolute atomic E-state index is 0.544. The number of aryl methyl sites for hydroxylation is 1. The third-order valence-electron chi connectivity index (χ3n) is 6.60. The summed E-state index contributed by atoms with van der Waals surface area (Å²) in [6.45, 7) is 7.59.